The van der Waals surface area contributed by atoms with Gasteiger partial charge in [-0.25, -0.2) is 0 Å². The highest BCUT2D eigenvalue weighted by molar-refractivity contribution is 6.36. The summed E-state index contributed by atoms with van der Waals surface area (Å²) in [6.07, 6.45) is 5.37. The highest BCUT2D eigenvalue weighted by atomic mass is 35.5. The Bertz CT molecular complexity index is 949. The summed E-state index contributed by atoms with van der Waals surface area (Å²) in [5, 5.41) is 4.03. The van der Waals surface area contributed by atoms with Crippen LogP contribution in [0.5, 0.6) is 5.75 Å². The van der Waals surface area contributed by atoms with Crippen molar-refractivity contribution < 1.29 is 14.3 Å². The minimum atomic E-state index is -0.699. The first-order valence-corrected chi connectivity index (χ1v) is 12.2. The maximum absolute atomic E-state index is 13.3. The fourth-order valence-electron chi connectivity index (χ4n) is 4.25. The highest BCUT2D eigenvalue weighted by Gasteiger charge is 2.29. The maximum atomic E-state index is 13.3. The molecule has 1 unspecified atom stereocenters. The molecule has 0 aromatic heterocycles. The molecule has 1 aliphatic carbocycles. The molecule has 1 atom stereocenters. The van der Waals surface area contributed by atoms with Crippen LogP contribution in [0, 0.1) is 13.8 Å². The highest BCUT2D eigenvalue weighted by Crippen LogP contribution is 2.27. The summed E-state index contributed by atoms with van der Waals surface area (Å²) < 4.78 is 5.80. The molecule has 0 saturated heterocycles. The first-order chi connectivity index (χ1) is 15.7. The summed E-state index contributed by atoms with van der Waals surface area (Å²) in [6, 6.07) is 10.5. The average molecular weight is 491 g/mol. The van der Waals surface area contributed by atoms with Crippen LogP contribution >= 0.6 is 23.2 Å². The number of carbonyl (C=O) groups is 2. The predicted octanol–water partition coefficient (Wildman–Crippen LogP) is 5.86. The second-order valence-corrected chi connectivity index (χ2v) is 9.67. The second-order valence-electron chi connectivity index (χ2n) is 8.85. The number of aryl methyl sites for hydroxylation is 2. The van der Waals surface area contributed by atoms with Gasteiger partial charge in [-0.15, -0.1) is 0 Å². The van der Waals surface area contributed by atoms with Gasteiger partial charge in [0.15, 0.2) is 6.61 Å². The summed E-state index contributed by atoms with van der Waals surface area (Å²) in [5.41, 5.74) is 2.72. The van der Waals surface area contributed by atoms with Gasteiger partial charge in [-0.05, 0) is 69.0 Å². The number of ether oxygens (including phenoxy) is 1. The molecule has 2 amide bonds. The van der Waals surface area contributed by atoms with Crippen LogP contribution in [-0.2, 0) is 16.1 Å². The zero-order chi connectivity index (χ0) is 24.0. The monoisotopic (exact) mass is 490 g/mol. The number of benzene rings is 2. The molecule has 33 heavy (non-hydrogen) atoms. The number of carbonyl (C=O) groups excluding carboxylic acids is 2. The zero-order valence-corrected chi connectivity index (χ0v) is 21.0. The van der Waals surface area contributed by atoms with Crippen molar-refractivity contribution >= 4 is 35.0 Å². The summed E-state index contributed by atoms with van der Waals surface area (Å²) in [4.78, 5) is 27.8. The molecular weight excluding hydrogens is 459 g/mol. The molecule has 178 valence electrons. The van der Waals surface area contributed by atoms with Gasteiger partial charge >= 0.3 is 0 Å². The van der Waals surface area contributed by atoms with Gasteiger partial charge in [0.1, 0.15) is 11.8 Å². The van der Waals surface area contributed by atoms with E-state index in [0.717, 1.165) is 36.8 Å². The van der Waals surface area contributed by atoms with Crippen LogP contribution in [0.2, 0.25) is 10.0 Å². The first kappa shape index (κ1) is 25.4. The van der Waals surface area contributed by atoms with E-state index in [1.54, 1.807) is 25.1 Å². The van der Waals surface area contributed by atoms with E-state index in [1.165, 1.54) is 11.3 Å². The van der Waals surface area contributed by atoms with Crippen LogP contribution < -0.4 is 10.1 Å². The van der Waals surface area contributed by atoms with Crippen molar-refractivity contribution in [3.05, 3.63) is 63.1 Å². The Labute approximate surface area is 206 Å². The van der Waals surface area contributed by atoms with E-state index in [0.29, 0.717) is 21.4 Å². The molecule has 3 rings (SSSR count). The molecule has 2 aromatic rings. The lowest BCUT2D eigenvalue weighted by molar-refractivity contribution is -0.142. The second kappa shape index (κ2) is 11.8. The lowest BCUT2D eigenvalue weighted by Crippen LogP contribution is -2.51. The molecule has 0 bridgehead atoms. The Balaban J connectivity index is 1.77. The van der Waals surface area contributed by atoms with Crippen LogP contribution in [0.3, 0.4) is 0 Å². The van der Waals surface area contributed by atoms with Gasteiger partial charge in [0.05, 0.1) is 0 Å². The van der Waals surface area contributed by atoms with E-state index in [4.69, 9.17) is 27.9 Å². The van der Waals surface area contributed by atoms with Gasteiger partial charge < -0.3 is 15.0 Å². The third kappa shape index (κ3) is 7.12. The SMILES string of the molecule is Cc1cc(C)cc(OCC(=O)N(Cc2c(Cl)cccc2Cl)C(C)C(=O)NC2CCCCC2)c1. The van der Waals surface area contributed by atoms with Crippen LogP contribution in [-0.4, -0.2) is 35.4 Å². The Morgan fingerprint density at radius 2 is 1.67 bits per heavy atom. The summed E-state index contributed by atoms with van der Waals surface area (Å²) in [5.74, 6) is 0.136. The van der Waals surface area contributed by atoms with E-state index < -0.39 is 6.04 Å². The fourth-order valence-corrected chi connectivity index (χ4v) is 4.77. The van der Waals surface area contributed by atoms with Crippen LogP contribution in [0.4, 0.5) is 0 Å². The van der Waals surface area contributed by atoms with Crippen molar-refractivity contribution in [1.29, 1.82) is 0 Å². The van der Waals surface area contributed by atoms with E-state index in [-0.39, 0.29) is 31.0 Å². The number of halogens is 2. The number of hydrogen-bond donors (Lipinski definition) is 1. The lowest BCUT2D eigenvalue weighted by Gasteiger charge is -2.31. The Kier molecular flexibility index (Phi) is 9.04. The van der Waals surface area contributed by atoms with Crippen LogP contribution in [0.15, 0.2) is 36.4 Å². The molecule has 0 spiro atoms. The van der Waals surface area contributed by atoms with Gasteiger partial charge in [0.2, 0.25) is 5.91 Å². The number of amides is 2. The smallest absolute Gasteiger partial charge is 0.261 e. The third-order valence-electron chi connectivity index (χ3n) is 6.07. The number of hydrogen-bond acceptors (Lipinski definition) is 3. The summed E-state index contributed by atoms with van der Waals surface area (Å²) in [7, 11) is 0. The Hall–Kier alpha value is -2.24. The minimum Gasteiger partial charge on any atom is -0.484 e. The van der Waals surface area contributed by atoms with E-state index in [9.17, 15) is 9.59 Å². The largest absolute Gasteiger partial charge is 0.484 e. The van der Waals surface area contributed by atoms with Crippen molar-refractivity contribution in [3.8, 4) is 5.75 Å². The van der Waals surface area contributed by atoms with Crippen molar-refractivity contribution in [2.45, 2.75) is 71.5 Å². The van der Waals surface area contributed by atoms with Crippen molar-refractivity contribution in [2.24, 2.45) is 0 Å². The van der Waals surface area contributed by atoms with Crippen molar-refractivity contribution in [1.82, 2.24) is 10.2 Å². The molecule has 2 aromatic carbocycles. The molecule has 0 heterocycles. The molecule has 1 fully saturated rings. The molecule has 1 N–H and O–H groups in total. The molecular formula is C26H32Cl2N2O3. The van der Waals surface area contributed by atoms with Crippen LogP contribution in [0.1, 0.15) is 55.7 Å². The quantitative estimate of drug-likeness (QED) is 0.504. The fraction of sp³-hybridized carbons (Fsp3) is 0.462. The van der Waals surface area contributed by atoms with E-state index in [2.05, 4.69) is 5.32 Å². The molecule has 0 aliphatic heterocycles. The Morgan fingerprint density at radius 3 is 2.27 bits per heavy atom. The molecule has 5 nitrogen and oxygen atoms in total. The first-order valence-electron chi connectivity index (χ1n) is 11.5. The normalized spacial score (nSPS) is 15.1. The summed E-state index contributed by atoms with van der Waals surface area (Å²) >= 11 is 12.7. The molecule has 1 saturated carbocycles. The molecule has 1 aliphatic rings. The topological polar surface area (TPSA) is 58.6 Å². The number of nitrogens with one attached hydrogen (secondary N) is 1. The van der Waals surface area contributed by atoms with E-state index in [1.807, 2.05) is 32.0 Å². The maximum Gasteiger partial charge on any atom is 0.261 e. The van der Waals surface area contributed by atoms with Crippen LogP contribution in [0.25, 0.3) is 0 Å². The van der Waals surface area contributed by atoms with Gasteiger partial charge in [0, 0.05) is 28.2 Å². The van der Waals surface area contributed by atoms with Gasteiger partial charge in [0.25, 0.3) is 5.91 Å². The van der Waals surface area contributed by atoms with Crippen molar-refractivity contribution in [2.75, 3.05) is 6.61 Å². The molecule has 0 radical (unpaired) electrons. The number of nitrogens with zero attached hydrogens (tertiary/aromatic N) is 1. The average Bonchev–Trinajstić information content (AvgIpc) is 2.77. The third-order valence-corrected chi connectivity index (χ3v) is 6.77. The van der Waals surface area contributed by atoms with Gasteiger partial charge in [-0.3, -0.25) is 9.59 Å². The van der Waals surface area contributed by atoms with E-state index >= 15 is 0 Å². The standard InChI is InChI=1S/C26H32Cl2N2O3/c1-17-12-18(2)14-21(13-17)33-16-25(31)30(15-22-23(27)10-7-11-24(22)28)19(3)26(32)29-20-8-5-4-6-9-20/h7,10-14,19-20H,4-6,8-9,15-16H2,1-3H3,(H,29,32). The van der Waals surface area contributed by atoms with Gasteiger partial charge in [-0.1, -0.05) is 54.6 Å². The summed E-state index contributed by atoms with van der Waals surface area (Å²) in [6.45, 7) is 5.62. The predicted molar refractivity (Wildman–Crippen MR) is 133 cm³/mol. The Morgan fingerprint density at radius 1 is 1.06 bits per heavy atom. The number of rotatable bonds is 8. The zero-order valence-electron chi connectivity index (χ0n) is 19.5. The minimum absolute atomic E-state index is 0.118. The molecule has 7 heteroatoms. The lowest BCUT2D eigenvalue weighted by atomic mass is 9.95. The van der Waals surface area contributed by atoms with Crippen molar-refractivity contribution in [3.63, 3.8) is 0 Å². The van der Waals surface area contributed by atoms with Gasteiger partial charge in [-0.2, -0.15) is 0 Å².